The van der Waals surface area contributed by atoms with Crippen LogP contribution in [-0.4, -0.2) is 25.0 Å². The maximum Gasteiger partial charge on any atom is 0.319 e. The van der Waals surface area contributed by atoms with E-state index >= 15 is 0 Å². The van der Waals surface area contributed by atoms with Crippen molar-refractivity contribution in [3.05, 3.63) is 47.5 Å². The van der Waals surface area contributed by atoms with Crippen LogP contribution in [-0.2, 0) is 0 Å². The summed E-state index contributed by atoms with van der Waals surface area (Å²) in [4.78, 5) is 26.9. The van der Waals surface area contributed by atoms with Gasteiger partial charge in [-0.1, -0.05) is 25.3 Å². The Morgan fingerprint density at radius 3 is 2.61 bits per heavy atom. The Morgan fingerprint density at radius 1 is 1.07 bits per heavy atom. The molecule has 0 unspecified atom stereocenters. The topological polar surface area (TPSA) is 70.7 Å². The molecule has 2 aliphatic rings. The lowest BCUT2D eigenvalue weighted by Gasteiger charge is -2.23. The average Bonchev–Trinajstić information content (AvgIpc) is 2.78. The standard InChI is InChI=1S/C22H25N3O3/c1-14-8-10-20-18(12-14)25(2)21(26)17-13-16(9-11-19(17)28-20)24-22(27)23-15-6-4-3-5-7-15/h8-13,15H,3-7H2,1-2H3,(H2,23,24,27). The van der Waals surface area contributed by atoms with Gasteiger partial charge in [0.2, 0.25) is 0 Å². The largest absolute Gasteiger partial charge is 0.454 e. The molecule has 0 radical (unpaired) electrons. The third-order valence-electron chi connectivity index (χ3n) is 5.41. The fourth-order valence-corrected chi connectivity index (χ4v) is 3.85. The van der Waals surface area contributed by atoms with E-state index < -0.39 is 0 Å². The van der Waals surface area contributed by atoms with Crippen LogP contribution in [0.3, 0.4) is 0 Å². The molecule has 0 saturated heterocycles. The van der Waals surface area contributed by atoms with E-state index in [2.05, 4.69) is 10.6 Å². The molecule has 1 fully saturated rings. The minimum atomic E-state index is -0.235. The molecule has 1 aliphatic carbocycles. The Bertz CT molecular complexity index is 919. The second-order valence-electron chi connectivity index (χ2n) is 7.58. The zero-order valence-corrected chi connectivity index (χ0v) is 16.2. The van der Waals surface area contributed by atoms with E-state index in [-0.39, 0.29) is 18.0 Å². The molecule has 3 amide bonds. The van der Waals surface area contributed by atoms with Gasteiger partial charge in [-0.3, -0.25) is 4.79 Å². The van der Waals surface area contributed by atoms with Gasteiger partial charge in [-0.2, -0.15) is 0 Å². The predicted molar refractivity (Wildman–Crippen MR) is 109 cm³/mol. The number of ether oxygens (including phenoxy) is 1. The fraction of sp³-hybridized carbons (Fsp3) is 0.364. The second kappa shape index (κ2) is 7.54. The fourth-order valence-electron chi connectivity index (χ4n) is 3.85. The van der Waals surface area contributed by atoms with E-state index in [1.54, 1.807) is 30.1 Å². The van der Waals surface area contributed by atoms with Crippen molar-refractivity contribution < 1.29 is 14.3 Å². The minimum Gasteiger partial charge on any atom is -0.454 e. The van der Waals surface area contributed by atoms with Crippen molar-refractivity contribution in [1.29, 1.82) is 0 Å². The van der Waals surface area contributed by atoms with Crippen molar-refractivity contribution in [2.24, 2.45) is 0 Å². The van der Waals surface area contributed by atoms with Crippen LogP contribution >= 0.6 is 0 Å². The molecule has 0 bridgehead atoms. The van der Waals surface area contributed by atoms with E-state index in [9.17, 15) is 9.59 Å². The molecule has 28 heavy (non-hydrogen) atoms. The Kier molecular flexibility index (Phi) is 4.94. The molecule has 0 atom stereocenters. The number of urea groups is 1. The first-order valence-electron chi connectivity index (χ1n) is 9.79. The van der Waals surface area contributed by atoms with Gasteiger partial charge >= 0.3 is 6.03 Å². The summed E-state index contributed by atoms with van der Waals surface area (Å²) in [7, 11) is 1.73. The van der Waals surface area contributed by atoms with Crippen LogP contribution in [0.5, 0.6) is 11.5 Å². The summed E-state index contributed by atoms with van der Waals surface area (Å²) in [5.41, 5.74) is 2.77. The normalized spacial score (nSPS) is 16.5. The number of anilines is 2. The van der Waals surface area contributed by atoms with Crippen molar-refractivity contribution in [2.75, 3.05) is 17.3 Å². The zero-order valence-electron chi connectivity index (χ0n) is 16.2. The first kappa shape index (κ1) is 18.3. The molecule has 146 valence electrons. The number of rotatable bonds is 2. The van der Waals surface area contributed by atoms with Crippen LogP contribution in [0.4, 0.5) is 16.2 Å². The van der Waals surface area contributed by atoms with Gasteiger partial charge in [-0.05, 0) is 55.7 Å². The monoisotopic (exact) mass is 379 g/mol. The van der Waals surface area contributed by atoms with Gasteiger partial charge in [0.05, 0.1) is 11.3 Å². The number of amides is 3. The smallest absolute Gasteiger partial charge is 0.319 e. The van der Waals surface area contributed by atoms with E-state index in [0.29, 0.717) is 22.7 Å². The van der Waals surface area contributed by atoms with Gasteiger partial charge in [-0.25, -0.2) is 4.79 Å². The van der Waals surface area contributed by atoms with E-state index in [0.717, 1.165) is 36.9 Å². The number of hydrogen-bond donors (Lipinski definition) is 2. The molecule has 1 saturated carbocycles. The van der Waals surface area contributed by atoms with E-state index in [4.69, 9.17) is 4.74 Å². The Labute approximate surface area is 164 Å². The van der Waals surface area contributed by atoms with Crippen LogP contribution in [0.25, 0.3) is 0 Å². The van der Waals surface area contributed by atoms with Gasteiger partial charge in [-0.15, -0.1) is 0 Å². The summed E-state index contributed by atoms with van der Waals surface area (Å²) < 4.78 is 5.99. The first-order chi connectivity index (χ1) is 13.5. The quantitative estimate of drug-likeness (QED) is 0.785. The first-order valence-corrected chi connectivity index (χ1v) is 9.79. The SMILES string of the molecule is Cc1ccc2c(c1)N(C)C(=O)c1cc(NC(=O)NC3CCCCC3)ccc1O2. The van der Waals surface area contributed by atoms with Crippen LogP contribution < -0.4 is 20.3 Å². The number of fused-ring (bicyclic) bond motifs is 2. The molecule has 6 nitrogen and oxygen atoms in total. The van der Waals surface area contributed by atoms with Gasteiger partial charge in [0.15, 0.2) is 5.75 Å². The molecule has 1 aliphatic heterocycles. The lowest BCUT2D eigenvalue weighted by Crippen LogP contribution is -2.39. The number of carbonyl (C=O) groups excluding carboxylic acids is 2. The van der Waals surface area contributed by atoms with Crippen molar-refractivity contribution >= 4 is 23.3 Å². The second-order valence-corrected chi connectivity index (χ2v) is 7.58. The molecular weight excluding hydrogens is 354 g/mol. The molecule has 4 rings (SSSR count). The minimum absolute atomic E-state index is 0.171. The Hall–Kier alpha value is -3.02. The van der Waals surface area contributed by atoms with Crippen molar-refractivity contribution in [3.8, 4) is 11.5 Å². The maximum absolute atomic E-state index is 13.0. The summed E-state index contributed by atoms with van der Waals surface area (Å²) in [6.07, 6.45) is 5.59. The Morgan fingerprint density at radius 2 is 1.82 bits per heavy atom. The molecule has 2 aromatic carbocycles. The molecule has 2 aromatic rings. The predicted octanol–water partition coefficient (Wildman–Crippen LogP) is 4.83. The van der Waals surface area contributed by atoms with Crippen LogP contribution in [0.2, 0.25) is 0 Å². The van der Waals surface area contributed by atoms with Crippen molar-refractivity contribution in [2.45, 2.75) is 45.1 Å². The lowest BCUT2D eigenvalue weighted by molar-refractivity contribution is 0.0993. The van der Waals surface area contributed by atoms with E-state index in [1.165, 1.54) is 6.42 Å². The molecule has 2 N–H and O–H groups in total. The van der Waals surface area contributed by atoms with Crippen molar-refractivity contribution in [1.82, 2.24) is 5.32 Å². The van der Waals surface area contributed by atoms with Gasteiger partial charge in [0, 0.05) is 18.8 Å². The number of carbonyl (C=O) groups is 2. The van der Waals surface area contributed by atoms with Gasteiger partial charge in [0.1, 0.15) is 5.75 Å². The summed E-state index contributed by atoms with van der Waals surface area (Å²) in [6, 6.07) is 10.9. The van der Waals surface area contributed by atoms with E-state index in [1.807, 2.05) is 25.1 Å². The van der Waals surface area contributed by atoms with Crippen molar-refractivity contribution in [3.63, 3.8) is 0 Å². The molecular formula is C22H25N3O3. The highest BCUT2D eigenvalue weighted by molar-refractivity contribution is 6.10. The molecule has 0 aromatic heterocycles. The van der Waals surface area contributed by atoms with Gasteiger partial charge < -0.3 is 20.3 Å². The average molecular weight is 379 g/mol. The summed E-state index contributed by atoms with van der Waals surface area (Å²) in [5.74, 6) is 0.948. The summed E-state index contributed by atoms with van der Waals surface area (Å²) in [5, 5.41) is 5.87. The molecule has 6 heteroatoms. The molecule has 0 spiro atoms. The highest BCUT2D eigenvalue weighted by Crippen LogP contribution is 2.39. The third kappa shape index (κ3) is 3.67. The van der Waals surface area contributed by atoms with Gasteiger partial charge in [0.25, 0.3) is 5.91 Å². The highest BCUT2D eigenvalue weighted by Gasteiger charge is 2.26. The molecule has 1 heterocycles. The lowest BCUT2D eigenvalue weighted by atomic mass is 9.96. The van der Waals surface area contributed by atoms with Crippen LogP contribution in [0.15, 0.2) is 36.4 Å². The highest BCUT2D eigenvalue weighted by atomic mass is 16.5. The number of benzene rings is 2. The summed E-state index contributed by atoms with van der Waals surface area (Å²) in [6.45, 7) is 1.98. The van der Waals surface area contributed by atoms with Crippen LogP contribution in [0, 0.1) is 6.92 Å². The number of aryl methyl sites for hydroxylation is 1. The number of nitrogens with zero attached hydrogens (tertiary/aromatic N) is 1. The Balaban J connectivity index is 1.54. The number of hydrogen-bond acceptors (Lipinski definition) is 3. The summed E-state index contributed by atoms with van der Waals surface area (Å²) >= 11 is 0. The number of nitrogens with one attached hydrogen (secondary N) is 2. The van der Waals surface area contributed by atoms with Crippen LogP contribution in [0.1, 0.15) is 48.0 Å². The third-order valence-corrected chi connectivity index (χ3v) is 5.41. The maximum atomic E-state index is 13.0. The zero-order chi connectivity index (χ0) is 19.7.